The van der Waals surface area contributed by atoms with Crippen LogP contribution in [0, 0.1) is 0 Å². The molecule has 0 saturated carbocycles. The number of hydrogen-bond acceptors (Lipinski definition) is 5. The normalized spacial score (nSPS) is 12.6. The fraction of sp³-hybridized carbons (Fsp3) is 0.143. The molecule has 0 aliphatic heterocycles. The maximum Gasteiger partial charge on any atom is 0.238 e. The first-order chi connectivity index (χ1) is 10.4. The number of benzene rings is 1. The molecule has 1 aromatic heterocycles. The smallest absolute Gasteiger partial charge is 0.238 e. The van der Waals surface area contributed by atoms with Crippen LogP contribution in [0.4, 0.5) is 5.69 Å². The van der Waals surface area contributed by atoms with Crippen molar-refractivity contribution in [3.8, 4) is 0 Å². The first kappa shape index (κ1) is 16.5. The number of amides is 1. The molecule has 6 nitrogen and oxygen atoms in total. The molecule has 0 aliphatic carbocycles. The topological polar surface area (TPSA) is 102 Å². The van der Waals surface area contributed by atoms with Crippen LogP contribution in [-0.4, -0.2) is 24.6 Å². The summed E-state index contributed by atoms with van der Waals surface area (Å²) >= 11 is 1.34. The Bertz CT molecular complexity index is 747. The van der Waals surface area contributed by atoms with E-state index >= 15 is 0 Å². The lowest BCUT2D eigenvalue weighted by molar-refractivity contribution is -0.115. The summed E-state index contributed by atoms with van der Waals surface area (Å²) in [5.74, 6) is -0.195. The third kappa shape index (κ3) is 4.55. The molecule has 3 N–H and O–H groups in total. The summed E-state index contributed by atoms with van der Waals surface area (Å²) < 4.78 is 22.3. The molecule has 1 atom stereocenters. The molecule has 0 radical (unpaired) electrons. The van der Waals surface area contributed by atoms with Gasteiger partial charge in [-0.15, -0.1) is 0 Å². The summed E-state index contributed by atoms with van der Waals surface area (Å²) in [6.07, 6.45) is 1.67. The molecule has 0 unspecified atom stereocenters. The molecule has 1 heterocycles. The Balaban J connectivity index is 1.99. The number of nitrogens with zero attached hydrogens (tertiary/aromatic N) is 1. The van der Waals surface area contributed by atoms with E-state index in [2.05, 4.69) is 10.3 Å². The van der Waals surface area contributed by atoms with Crippen molar-refractivity contribution in [3.63, 3.8) is 0 Å². The van der Waals surface area contributed by atoms with Crippen LogP contribution in [0.25, 0.3) is 0 Å². The Morgan fingerprint density at radius 1 is 1.23 bits per heavy atom. The number of sulfonamides is 1. The number of pyridine rings is 1. The standard InChI is InChI=1S/C14H15N3O3S2/c1-10(21-13-4-2-3-9-16-13)14(18)17-11-5-7-12(8-6-11)22(15,19)20/h2-10H,1H3,(H,17,18)(H2,15,19,20)/t10-/m1/s1. The molecular formula is C14H15N3O3S2. The Morgan fingerprint density at radius 3 is 2.45 bits per heavy atom. The number of primary sulfonamides is 1. The summed E-state index contributed by atoms with van der Waals surface area (Å²) in [5.41, 5.74) is 0.505. The van der Waals surface area contributed by atoms with Crippen LogP contribution in [0.3, 0.4) is 0 Å². The average molecular weight is 337 g/mol. The summed E-state index contributed by atoms with van der Waals surface area (Å²) in [7, 11) is -3.73. The van der Waals surface area contributed by atoms with Gasteiger partial charge in [-0.25, -0.2) is 18.5 Å². The first-order valence-corrected chi connectivity index (χ1v) is 8.80. The van der Waals surface area contributed by atoms with Crippen molar-refractivity contribution in [1.82, 2.24) is 4.98 Å². The molecule has 116 valence electrons. The number of nitrogens with two attached hydrogens (primary N) is 1. The van der Waals surface area contributed by atoms with E-state index in [0.29, 0.717) is 5.69 Å². The number of rotatable bonds is 5. The largest absolute Gasteiger partial charge is 0.325 e. The first-order valence-electron chi connectivity index (χ1n) is 6.37. The van der Waals surface area contributed by atoms with E-state index in [1.807, 2.05) is 18.2 Å². The van der Waals surface area contributed by atoms with Gasteiger partial charge >= 0.3 is 0 Å². The minimum Gasteiger partial charge on any atom is -0.325 e. The van der Waals surface area contributed by atoms with Gasteiger partial charge < -0.3 is 5.32 Å². The summed E-state index contributed by atoms with van der Waals surface area (Å²) in [6, 6.07) is 11.2. The summed E-state index contributed by atoms with van der Waals surface area (Å²) in [4.78, 5) is 16.2. The molecule has 0 spiro atoms. The Labute approximate surface area is 133 Å². The van der Waals surface area contributed by atoms with Crippen LogP contribution in [0.5, 0.6) is 0 Å². The maximum absolute atomic E-state index is 12.1. The highest BCUT2D eigenvalue weighted by atomic mass is 32.2. The van der Waals surface area contributed by atoms with Gasteiger partial charge in [0.25, 0.3) is 0 Å². The number of aromatic nitrogens is 1. The second kappa shape index (κ2) is 6.91. The molecule has 2 aromatic rings. The van der Waals surface area contributed by atoms with Crippen LogP contribution in [-0.2, 0) is 14.8 Å². The van der Waals surface area contributed by atoms with E-state index in [1.54, 1.807) is 13.1 Å². The van der Waals surface area contributed by atoms with E-state index in [4.69, 9.17) is 5.14 Å². The van der Waals surface area contributed by atoms with Crippen molar-refractivity contribution in [1.29, 1.82) is 0 Å². The van der Waals surface area contributed by atoms with Crippen molar-refractivity contribution in [2.45, 2.75) is 22.1 Å². The molecule has 1 amide bonds. The summed E-state index contributed by atoms with van der Waals surface area (Å²) in [5, 5.41) is 8.15. The number of hydrogen-bond donors (Lipinski definition) is 2. The number of nitrogens with one attached hydrogen (secondary N) is 1. The molecule has 22 heavy (non-hydrogen) atoms. The van der Waals surface area contributed by atoms with Gasteiger partial charge in [0.1, 0.15) is 0 Å². The van der Waals surface area contributed by atoms with Gasteiger partial charge in [0.05, 0.1) is 15.2 Å². The lowest BCUT2D eigenvalue weighted by atomic mass is 10.3. The molecule has 1 aromatic carbocycles. The highest BCUT2D eigenvalue weighted by Crippen LogP contribution is 2.22. The van der Waals surface area contributed by atoms with Crippen LogP contribution in [0.2, 0.25) is 0 Å². The Hall–Kier alpha value is -1.90. The number of anilines is 1. The van der Waals surface area contributed by atoms with E-state index in [-0.39, 0.29) is 16.1 Å². The van der Waals surface area contributed by atoms with Crippen molar-refractivity contribution in [2.24, 2.45) is 5.14 Å². The minimum atomic E-state index is -3.73. The fourth-order valence-electron chi connectivity index (χ4n) is 1.62. The molecule has 0 fully saturated rings. The number of carbonyl (C=O) groups is 1. The molecular weight excluding hydrogens is 322 g/mol. The van der Waals surface area contributed by atoms with E-state index in [0.717, 1.165) is 5.03 Å². The molecule has 0 aliphatic rings. The van der Waals surface area contributed by atoms with Gasteiger partial charge in [-0.1, -0.05) is 17.8 Å². The van der Waals surface area contributed by atoms with Gasteiger partial charge in [-0.3, -0.25) is 4.79 Å². The van der Waals surface area contributed by atoms with Crippen molar-refractivity contribution in [3.05, 3.63) is 48.7 Å². The molecule has 0 bridgehead atoms. The van der Waals surface area contributed by atoms with Crippen LogP contribution in [0.1, 0.15) is 6.92 Å². The molecule has 8 heteroatoms. The van der Waals surface area contributed by atoms with Crippen molar-refractivity contribution >= 4 is 33.4 Å². The zero-order valence-electron chi connectivity index (χ0n) is 11.8. The molecule has 2 rings (SSSR count). The van der Waals surface area contributed by atoms with Crippen molar-refractivity contribution in [2.75, 3.05) is 5.32 Å². The average Bonchev–Trinajstić information content (AvgIpc) is 2.48. The minimum absolute atomic E-state index is 0.00130. The third-order valence-electron chi connectivity index (χ3n) is 2.75. The Morgan fingerprint density at radius 2 is 1.91 bits per heavy atom. The van der Waals surface area contributed by atoms with Crippen molar-refractivity contribution < 1.29 is 13.2 Å². The lowest BCUT2D eigenvalue weighted by Gasteiger charge is -2.11. The quantitative estimate of drug-likeness (QED) is 0.811. The zero-order valence-corrected chi connectivity index (χ0v) is 13.4. The SMILES string of the molecule is C[C@@H](Sc1ccccn1)C(=O)Nc1ccc(S(N)(=O)=O)cc1. The van der Waals surface area contributed by atoms with Gasteiger partial charge in [0.2, 0.25) is 15.9 Å². The number of carbonyl (C=O) groups excluding carboxylic acids is 1. The predicted molar refractivity (Wildman–Crippen MR) is 86.0 cm³/mol. The maximum atomic E-state index is 12.1. The lowest BCUT2D eigenvalue weighted by Crippen LogP contribution is -2.22. The summed E-state index contributed by atoms with van der Waals surface area (Å²) in [6.45, 7) is 1.77. The monoisotopic (exact) mass is 337 g/mol. The highest BCUT2D eigenvalue weighted by Gasteiger charge is 2.15. The van der Waals surface area contributed by atoms with Crippen LogP contribution in [0.15, 0.2) is 58.6 Å². The second-order valence-electron chi connectivity index (χ2n) is 4.49. The van der Waals surface area contributed by atoms with E-state index in [9.17, 15) is 13.2 Å². The second-order valence-corrected chi connectivity index (χ2v) is 7.41. The Kier molecular flexibility index (Phi) is 5.17. The highest BCUT2D eigenvalue weighted by molar-refractivity contribution is 8.00. The van der Waals surface area contributed by atoms with E-state index < -0.39 is 10.0 Å². The van der Waals surface area contributed by atoms with E-state index in [1.165, 1.54) is 36.0 Å². The zero-order chi connectivity index (χ0) is 16.2. The van der Waals surface area contributed by atoms with Gasteiger partial charge in [0, 0.05) is 11.9 Å². The predicted octanol–water partition coefficient (Wildman–Crippen LogP) is 1.85. The van der Waals surface area contributed by atoms with Gasteiger partial charge in [0.15, 0.2) is 0 Å². The van der Waals surface area contributed by atoms with Gasteiger partial charge in [-0.2, -0.15) is 0 Å². The molecule has 0 saturated heterocycles. The van der Waals surface area contributed by atoms with Crippen LogP contribution >= 0.6 is 11.8 Å². The fourth-order valence-corrected chi connectivity index (χ4v) is 2.95. The third-order valence-corrected chi connectivity index (χ3v) is 4.73. The number of thioether (sulfide) groups is 1. The van der Waals surface area contributed by atoms with Gasteiger partial charge in [-0.05, 0) is 43.3 Å². The van der Waals surface area contributed by atoms with Crippen LogP contribution < -0.4 is 10.5 Å².